The predicted octanol–water partition coefficient (Wildman–Crippen LogP) is 3.68. The summed E-state index contributed by atoms with van der Waals surface area (Å²) in [5.74, 6) is 0.505. The average Bonchev–Trinajstić information content (AvgIpc) is 3.24. The van der Waals surface area contributed by atoms with Crippen LogP contribution in [-0.4, -0.2) is 54.1 Å². The number of morpholine rings is 1. The predicted molar refractivity (Wildman–Crippen MR) is 119 cm³/mol. The smallest absolute Gasteiger partial charge is 0.254 e. The van der Waals surface area contributed by atoms with Gasteiger partial charge in [-0.2, -0.15) is 0 Å². The molecule has 1 atom stereocenters. The van der Waals surface area contributed by atoms with Crippen molar-refractivity contribution in [2.24, 2.45) is 5.92 Å². The van der Waals surface area contributed by atoms with Crippen molar-refractivity contribution in [1.82, 2.24) is 4.90 Å². The van der Waals surface area contributed by atoms with Crippen LogP contribution in [0.15, 0.2) is 48.5 Å². The van der Waals surface area contributed by atoms with E-state index in [9.17, 15) is 14.7 Å². The molecule has 0 radical (unpaired) electrons. The van der Waals surface area contributed by atoms with Crippen LogP contribution in [0.5, 0.6) is 0 Å². The molecule has 1 aliphatic heterocycles. The summed E-state index contributed by atoms with van der Waals surface area (Å²) in [6.07, 6.45) is 4.17. The Morgan fingerprint density at radius 3 is 2.35 bits per heavy atom. The Bertz CT molecular complexity index is 894. The summed E-state index contributed by atoms with van der Waals surface area (Å²) in [5, 5.41) is 10.4. The van der Waals surface area contributed by atoms with Gasteiger partial charge < -0.3 is 14.7 Å². The van der Waals surface area contributed by atoms with E-state index in [2.05, 4.69) is 24.3 Å². The lowest BCUT2D eigenvalue weighted by molar-refractivity contribution is 0.0303. The quantitative estimate of drug-likeness (QED) is 0.661. The maximum absolute atomic E-state index is 12.7. The third-order valence-electron chi connectivity index (χ3n) is 6.48. The first-order chi connectivity index (χ1) is 15.1. The van der Waals surface area contributed by atoms with Gasteiger partial charge in [0.15, 0.2) is 5.78 Å². The minimum Gasteiger partial charge on any atom is -0.393 e. The summed E-state index contributed by atoms with van der Waals surface area (Å²) in [6.45, 7) is 2.26. The molecular weight excluding hydrogens is 390 g/mol. The van der Waals surface area contributed by atoms with Crippen molar-refractivity contribution >= 4 is 11.7 Å². The Morgan fingerprint density at radius 2 is 1.65 bits per heavy atom. The highest BCUT2D eigenvalue weighted by Crippen LogP contribution is 2.30. The number of aliphatic hydroxyl groups excluding tert-OH is 1. The maximum Gasteiger partial charge on any atom is 0.254 e. The third kappa shape index (κ3) is 5.60. The summed E-state index contributed by atoms with van der Waals surface area (Å²) in [5.41, 5.74) is 3.94. The van der Waals surface area contributed by atoms with Crippen molar-refractivity contribution < 1.29 is 19.4 Å². The number of hydrogen-bond acceptors (Lipinski definition) is 4. The molecule has 5 nitrogen and oxygen atoms in total. The third-order valence-corrected chi connectivity index (χ3v) is 6.48. The first kappa shape index (κ1) is 21.7. The van der Waals surface area contributed by atoms with E-state index in [4.69, 9.17) is 4.74 Å². The highest BCUT2D eigenvalue weighted by molar-refractivity contribution is 6.00. The number of fused-ring (bicyclic) bond motifs is 1. The summed E-state index contributed by atoms with van der Waals surface area (Å²) in [6, 6.07) is 15.5. The van der Waals surface area contributed by atoms with Crippen molar-refractivity contribution in [3.8, 4) is 0 Å². The first-order valence-electron chi connectivity index (χ1n) is 11.4. The maximum atomic E-state index is 12.7. The normalized spacial score (nSPS) is 17.4. The van der Waals surface area contributed by atoms with E-state index in [1.54, 1.807) is 29.2 Å². The zero-order valence-electron chi connectivity index (χ0n) is 18.0. The largest absolute Gasteiger partial charge is 0.393 e. The number of amides is 1. The van der Waals surface area contributed by atoms with E-state index in [-0.39, 0.29) is 11.7 Å². The Kier molecular flexibility index (Phi) is 7.15. The van der Waals surface area contributed by atoms with Crippen LogP contribution in [0.4, 0.5) is 0 Å². The van der Waals surface area contributed by atoms with Crippen molar-refractivity contribution in [2.75, 3.05) is 26.3 Å². The van der Waals surface area contributed by atoms with Crippen LogP contribution in [0, 0.1) is 5.92 Å². The molecule has 0 unspecified atom stereocenters. The molecule has 2 aromatic rings. The molecule has 0 bridgehead atoms. The van der Waals surface area contributed by atoms with E-state index in [1.165, 1.54) is 11.1 Å². The lowest BCUT2D eigenvalue weighted by Gasteiger charge is -2.27. The Hall–Kier alpha value is -2.50. The van der Waals surface area contributed by atoms with Gasteiger partial charge in [-0.15, -0.1) is 0 Å². The summed E-state index contributed by atoms with van der Waals surface area (Å²) in [4.78, 5) is 27.1. The molecule has 1 saturated heterocycles. The van der Waals surface area contributed by atoms with Crippen LogP contribution in [0.1, 0.15) is 57.5 Å². The number of nitrogens with zero attached hydrogens (tertiary/aromatic N) is 1. The fourth-order valence-corrected chi connectivity index (χ4v) is 4.64. The van der Waals surface area contributed by atoms with E-state index in [0.717, 1.165) is 25.7 Å². The molecule has 1 fully saturated rings. The number of hydrogen-bond donors (Lipinski definition) is 1. The molecule has 1 heterocycles. The molecule has 31 heavy (non-hydrogen) atoms. The van der Waals surface area contributed by atoms with Gasteiger partial charge in [0, 0.05) is 30.6 Å². The lowest BCUT2D eigenvalue weighted by atomic mass is 9.95. The fraction of sp³-hybridized carbons (Fsp3) is 0.462. The molecule has 0 saturated carbocycles. The van der Waals surface area contributed by atoms with Crippen LogP contribution in [0.3, 0.4) is 0 Å². The van der Waals surface area contributed by atoms with Crippen LogP contribution in [-0.2, 0) is 17.6 Å². The van der Waals surface area contributed by atoms with Gasteiger partial charge in [-0.1, -0.05) is 36.4 Å². The number of Topliss-reactive ketones (excluding diaryl/α,β-unsaturated/α-hetero) is 1. The molecule has 0 spiro atoms. The number of aliphatic hydroxyl groups is 1. The summed E-state index contributed by atoms with van der Waals surface area (Å²) >= 11 is 0. The topological polar surface area (TPSA) is 66.8 Å². The van der Waals surface area contributed by atoms with Crippen LogP contribution in [0.2, 0.25) is 0 Å². The van der Waals surface area contributed by atoms with E-state index >= 15 is 0 Å². The number of benzene rings is 2. The van der Waals surface area contributed by atoms with E-state index in [1.807, 2.05) is 0 Å². The Morgan fingerprint density at radius 1 is 0.968 bits per heavy atom. The van der Waals surface area contributed by atoms with Crippen LogP contribution in [0.25, 0.3) is 0 Å². The monoisotopic (exact) mass is 421 g/mol. The summed E-state index contributed by atoms with van der Waals surface area (Å²) in [7, 11) is 0. The van der Waals surface area contributed by atoms with Crippen LogP contribution < -0.4 is 0 Å². The van der Waals surface area contributed by atoms with Gasteiger partial charge in [-0.25, -0.2) is 0 Å². The van der Waals surface area contributed by atoms with Crippen molar-refractivity contribution in [3.63, 3.8) is 0 Å². The van der Waals surface area contributed by atoms with E-state index in [0.29, 0.717) is 56.2 Å². The number of ether oxygens (including phenoxy) is 1. The van der Waals surface area contributed by atoms with Gasteiger partial charge in [0.25, 0.3) is 5.91 Å². The molecule has 1 amide bonds. The molecule has 1 aliphatic carbocycles. The minimum atomic E-state index is -0.467. The number of carbonyl (C=O) groups is 2. The first-order valence-corrected chi connectivity index (χ1v) is 11.4. The highest BCUT2D eigenvalue weighted by atomic mass is 16.5. The second-order valence-corrected chi connectivity index (χ2v) is 8.72. The van der Waals surface area contributed by atoms with Gasteiger partial charge in [0.1, 0.15) is 0 Å². The molecule has 164 valence electrons. The molecular formula is C26H31NO4. The van der Waals surface area contributed by atoms with Gasteiger partial charge in [0.05, 0.1) is 19.3 Å². The highest BCUT2D eigenvalue weighted by Gasteiger charge is 2.22. The zero-order chi connectivity index (χ0) is 21.6. The second-order valence-electron chi connectivity index (χ2n) is 8.72. The van der Waals surface area contributed by atoms with Crippen molar-refractivity contribution in [3.05, 3.63) is 70.8 Å². The Labute approximate surface area is 184 Å². The van der Waals surface area contributed by atoms with Gasteiger partial charge in [-0.05, 0) is 61.3 Å². The second kappa shape index (κ2) is 10.2. The molecule has 4 rings (SSSR count). The van der Waals surface area contributed by atoms with Gasteiger partial charge in [-0.3, -0.25) is 9.59 Å². The molecule has 5 heteroatoms. The molecule has 0 aromatic heterocycles. The summed E-state index contributed by atoms with van der Waals surface area (Å²) < 4.78 is 5.30. The van der Waals surface area contributed by atoms with E-state index < -0.39 is 6.10 Å². The van der Waals surface area contributed by atoms with Crippen molar-refractivity contribution in [1.29, 1.82) is 0 Å². The van der Waals surface area contributed by atoms with Gasteiger partial charge in [0.2, 0.25) is 0 Å². The standard InChI is InChI=1S/C26H31NO4/c28-24(9-8-19-16-20-4-1-2-5-21(20)17-19)10-11-25(29)22-6-3-7-23(18-22)26(30)27-12-14-31-15-13-27/h1-7,18-19,24,28H,8-17H2/t24-/m0/s1. The number of rotatable bonds is 8. The molecule has 2 aromatic carbocycles. The van der Waals surface area contributed by atoms with Crippen molar-refractivity contribution in [2.45, 2.75) is 44.6 Å². The fourth-order valence-electron chi connectivity index (χ4n) is 4.64. The average molecular weight is 422 g/mol. The lowest BCUT2D eigenvalue weighted by Crippen LogP contribution is -2.40. The molecule has 2 aliphatic rings. The Balaban J connectivity index is 1.23. The number of ketones is 1. The molecule has 1 N–H and O–H groups in total. The number of carbonyl (C=O) groups excluding carboxylic acids is 2. The zero-order valence-corrected chi connectivity index (χ0v) is 18.0. The SMILES string of the molecule is O=C(CC[C@@H](O)CCC1Cc2ccccc2C1)c1cccc(C(=O)N2CCOCC2)c1. The van der Waals surface area contributed by atoms with Gasteiger partial charge >= 0.3 is 0 Å². The minimum absolute atomic E-state index is 0.0241. The van der Waals surface area contributed by atoms with Crippen LogP contribution >= 0.6 is 0 Å².